The van der Waals surface area contributed by atoms with Crippen molar-refractivity contribution in [1.29, 1.82) is 0 Å². The Morgan fingerprint density at radius 1 is 1.32 bits per heavy atom. The fraction of sp³-hybridized carbons (Fsp3) is 0.533. The summed E-state index contributed by atoms with van der Waals surface area (Å²) in [5.41, 5.74) is 2.67. The highest BCUT2D eigenvalue weighted by Gasteiger charge is 2.24. The minimum absolute atomic E-state index is 0.0329. The van der Waals surface area contributed by atoms with E-state index in [1.165, 1.54) is 11.1 Å². The lowest BCUT2D eigenvalue weighted by Gasteiger charge is -2.14. The zero-order valence-corrected chi connectivity index (χ0v) is 11.8. The van der Waals surface area contributed by atoms with Gasteiger partial charge in [0, 0.05) is 13.5 Å². The van der Waals surface area contributed by atoms with Gasteiger partial charge in [-0.2, -0.15) is 0 Å². The second-order valence-corrected chi connectivity index (χ2v) is 4.91. The van der Waals surface area contributed by atoms with E-state index in [-0.39, 0.29) is 5.91 Å². The lowest BCUT2D eigenvalue weighted by molar-refractivity contribution is -0.118. The molecule has 104 valence electrons. The molecule has 1 amide bonds. The molecule has 1 aromatic carbocycles. The Balaban J connectivity index is 2.12. The Kier molecular flexibility index (Phi) is 4.30. The van der Waals surface area contributed by atoms with Gasteiger partial charge in [0.05, 0.1) is 14.2 Å². The van der Waals surface area contributed by atoms with Gasteiger partial charge in [-0.25, -0.2) is 0 Å². The van der Waals surface area contributed by atoms with Crippen LogP contribution in [0.3, 0.4) is 0 Å². The van der Waals surface area contributed by atoms with Crippen molar-refractivity contribution < 1.29 is 14.3 Å². The third-order valence-electron chi connectivity index (χ3n) is 3.71. The number of hydrogen-bond acceptors (Lipinski definition) is 3. The van der Waals surface area contributed by atoms with Crippen molar-refractivity contribution in [3.8, 4) is 11.5 Å². The van der Waals surface area contributed by atoms with Gasteiger partial charge in [0.15, 0.2) is 11.5 Å². The number of carbonyl (C=O) groups is 1. The van der Waals surface area contributed by atoms with E-state index in [2.05, 4.69) is 17.4 Å². The van der Waals surface area contributed by atoms with Crippen molar-refractivity contribution in [2.24, 2.45) is 0 Å². The van der Waals surface area contributed by atoms with Gasteiger partial charge < -0.3 is 14.8 Å². The molecule has 1 atom stereocenters. The SMILES string of the molecule is COc1cc2c(cc1OC)[C@H](CCNC(C)=O)CC2. The molecule has 0 spiro atoms. The zero-order valence-electron chi connectivity index (χ0n) is 11.8. The first-order chi connectivity index (χ1) is 9.15. The molecule has 0 unspecified atom stereocenters. The van der Waals surface area contributed by atoms with Gasteiger partial charge >= 0.3 is 0 Å². The van der Waals surface area contributed by atoms with Crippen LogP contribution in [0.1, 0.15) is 36.8 Å². The molecule has 0 fully saturated rings. The van der Waals surface area contributed by atoms with Crippen LogP contribution in [-0.2, 0) is 11.2 Å². The standard InChI is InChI=1S/C15H21NO3/c1-10(17)16-7-6-11-4-5-12-8-14(18-2)15(19-3)9-13(11)12/h8-9,11H,4-7H2,1-3H3,(H,16,17)/t11-/m0/s1. The maximum atomic E-state index is 10.9. The van der Waals surface area contributed by atoms with Crippen molar-refractivity contribution in [2.75, 3.05) is 20.8 Å². The van der Waals surface area contributed by atoms with E-state index in [0.717, 1.165) is 37.3 Å². The molecule has 0 aromatic heterocycles. The fourth-order valence-electron chi connectivity index (χ4n) is 2.74. The molecule has 0 radical (unpaired) electrons. The van der Waals surface area contributed by atoms with Gasteiger partial charge in [-0.15, -0.1) is 0 Å². The number of ether oxygens (including phenoxy) is 2. The number of benzene rings is 1. The molecule has 0 bridgehead atoms. The lowest BCUT2D eigenvalue weighted by Crippen LogP contribution is -2.22. The number of aryl methyl sites for hydroxylation is 1. The fourth-order valence-corrected chi connectivity index (χ4v) is 2.74. The van der Waals surface area contributed by atoms with Crippen LogP contribution < -0.4 is 14.8 Å². The second-order valence-electron chi connectivity index (χ2n) is 4.91. The van der Waals surface area contributed by atoms with E-state index in [4.69, 9.17) is 9.47 Å². The molecule has 0 saturated heterocycles. The second kappa shape index (κ2) is 5.95. The normalized spacial score (nSPS) is 16.9. The molecule has 4 nitrogen and oxygen atoms in total. The number of amides is 1. The van der Waals surface area contributed by atoms with Crippen molar-refractivity contribution in [3.05, 3.63) is 23.3 Å². The summed E-state index contributed by atoms with van der Waals surface area (Å²) in [7, 11) is 3.32. The minimum Gasteiger partial charge on any atom is -0.493 e. The Hall–Kier alpha value is -1.71. The summed E-state index contributed by atoms with van der Waals surface area (Å²) in [6, 6.07) is 4.16. The Bertz CT molecular complexity index is 471. The molecule has 1 aromatic rings. The van der Waals surface area contributed by atoms with Crippen molar-refractivity contribution in [1.82, 2.24) is 5.32 Å². The molecule has 4 heteroatoms. The number of methoxy groups -OCH3 is 2. The first-order valence-corrected chi connectivity index (χ1v) is 6.65. The van der Waals surface area contributed by atoms with Crippen molar-refractivity contribution in [3.63, 3.8) is 0 Å². The van der Waals surface area contributed by atoms with Crippen LogP contribution in [0.25, 0.3) is 0 Å². The molecular formula is C15H21NO3. The van der Waals surface area contributed by atoms with E-state index in [9.17, 15) is 4.79 Å². The van der Waals surface area contributed by atoms with Gasteiger partial charge in [-0.05, 0) is 48.4 Å². The van der Waals surface area contributed by atoms with Gasteiger partial charge in [0.2, 0.25) is 5.91 Å². The van der Waals surface area contributed by atoms with Gasteiger partial charge in [0.25, 0.3) is 0 Å². The van der Waals surface area contributed by atoms with Crippen LogP contribution >= 0.6 is 0 Å². The summed E-state index contributed by atoms with van der Waals surface area (Å²) >= 11 is 0. The molecule has 2 rings (SSSR count). The molecule has 0 saturated carbocycles. The van der Waals surface area contributed by atoms with Crippen LogP contribution in [0.5, 0.6) is 11.5 Å². The molecule has 1 aliphatic rings. The van der Waals surface area contributed by atoms with Crippen LogP contribution in [0.15, 0.2) is 12.1 Å². The summed E-state index contributed by atoms with van der Waals surface area (Å²) in [5, 5.41) is 2.86. The maximum absolute atomic E-state index is 10.9. The zero-order chi connectivity index (χ0) is 13.8. The van der Waals surface area contributed by atoms with Gasteiger partial charge in [-0.1, -0.05) is 0 Å². The van der Waals surface area contributed by atoms with E-state index in [1.807, 2.05) is 0 Å². The predicted molar refractivity (Wildman–Crippen MR) is 73.9 cm³/mol. The quantitative estimate of drug-likeness (QED) is 0.886. The lowest BCUT2D eigenvalue weighted by atomic mass is 9.97. The van der Waals surface area contributed by atoms with Gasteiger partial charge in [-0.3, -0.25) is 4.79 Å². The van der Waals surface area contributed by atoms with E-state index in [1.54, 1.807) is 21.1 Å². The number of hydrogen-bond donors (Lipinski definition) is 1. The third kappa shape index (κ3) is 3.00. The summed E-state index contributed by atoms with van der Waals surface area (Å²) in [6.07, 6.45) is 3.17. The monoisotopic (exact) mass is 263 g/mol. The highest BCUT2D eigenvalue weighted by Crippen LogP contribution is 2.41. The van der Waals surface area contributed by atoms with Gasteiger partial charge in [0.1, 0.15) is 0 Å². The molecule has 0 heterocycles. The maximum Gasteiger partial charge on any atom is 0.216 e. The number of nitrogens with one attached hydrogen (secondary N) is 1. The smallest absolute Gasteiger partial charge is 0.216 e. The van der Waals surface area contributed by atoms with Crippen molar-refractivity contribution >= 4 is 5.91 Å². The first-order valence-electron chi connectivity index (χ1n) is 6.65. The molecular weight excluding hydrogens is 242 g/mol. The first kappa shape index (κ1) is 13.7. The summed E-state index contributed by atoms with van der Waals surface area (Å²) < 4.78 is 10.7. The van der Waals surface area contributed by atoms with Crippen LogP contribution in [0, 0.1) is 0 Å². The summed E-state index contributed by atoms with van der Waals surface area (Å²) in [4.78, 5) is 10.9. The topological polar surface area (TPSA) is 47.6 Å². The van der Waals surface area contributed by atoms with E-state index in [0.29, 0.717) is 5.92 Å². The predicted octanol–water partition coefficient (Wildman–Crippen LogP) is 2.26. The largest absolute Gasteiger partial charge is 0.493 e. The average molecular weight is 263 g/mol. The van der Waals surface area contributed by atoms with Crippen LogP contribution in [-0.4, -0.2) is 26.7 Å². The Morgan fingerprint density at radius 2 is 2.00 bits per heavy atom. The van der Waals surface area contributed by atoms with E-state index < -0.39 is 0 Å². The highest BCUT2D eigenvalue weighted by molar-refractivity contribution is 5.72. The third-order valence-corrected chi connectivity index (χ3v) is 3.71. The van der Waals surface area contributed by atoms with Crippen LogP contribution in [0.2, 0.25) is 0 Å². The molecule has 1 N–H and O–H groups in total. The molecule has 0 aliphatic heterocycles. The van der Waals surface area contributed by atoms with E-state index >= 15 is 0 Å². The Morgan fingerprint density at radius 3 is 2.63 bits per heavy atom. The molecule has 1 aliphatic carbocycles. The Labute approximate surface area is 114 Å². The summed E-state index contributed by atoms with van der Waals surface area (Å²) in [5.74, 6) is 2.11. The summed E-state index contributed by atoms with van der Waals surface area (Å²) in [6.45, 7) is 2.28. The van der Waals surface area contributed by atoms with Crippen molar-refractivity contribution in [2.45, 2.75) is 32.1 Å². The number of fused-ring (bicyclic) bond motifs is 1. The average Bonchev–Trinajstić information content (AvgIpc) is 2.79. The number of carbonyl (C=O) groups excluding carboxylic acids is 1. The van der Waals surface area contributed by atoms with Crippen LogP contribution in [0.4, 0.5) is 0 Å². The molecule has 19 heavy (non-hydrogen) atoms. The highest BCUT2D eigenvalue weighted by atomic mass is 16.5. The number of rotatable bonds is 5. The minimum atomic E-state index is 0.0329.